The molecule has 0 saturated carbocycles. The summed E-state index contributed by atoms with van der Waals surface area (Å²) in [5.41, 5.74) is 2.08. The lowest BCUT2D eigenvalue weighted by Crippen LogP contribution is -2.29. The van der Waals surface area contributed by atoms with Gasteiger partial charge in [0, 0.05) is 25.3 Å². The highest BCUT2D eigenvalue weighted by atomic mass is 19.1. The number of nitrogens with zero attached hydrogens (tertiary/aromatic N) is 1. The molecule has 0 radical (unpaired) electrons. The molecule has 0 unspecified atom stereocenters. The van der Waals surface area contributed by atoms with Gasteiger partial charge in [0.05, 0.1) is 0 Å². The summed E-state index contributed by atoms with van der Waals surface area (Å²) in [4.78, 5) is 3.75. The molecule has 0 spiro atoms. The molecule has 0 atom stereocenters. The Balaban J connectivity index is 2.13. The number of rotatable bonds is 3. The minimum atomic E-state index is -0.817. The van der Waals surface area contributed by atoms with Crippen molar-refractivity contribution < 1.29 is 13.5 Å². The lowest BCUT2D eigenvalue weighted by Gasteiger charge is -2.24. The van der Waals surface area contributed by atoms with Crippen molar-refractivity contribution in [2.75, 3.05) is 24.0 Å². The Bertz CT molecular complexity index is 396. The largest absolute Gasteiger partial charge is 0.381 e. The Hall–Kier alpha value is -1.47. The number of anilines is 2. The third kappa shape index (κ3) is 2.80. The number of halogens is 2. The Morgan fingerprint density at radius 2 is 1.88 bits per heavy atom. The second kappa shape index (κ2) is 5.24. The summed E-state index contributed by atoms with van der Waals surface area (Å²) in [5, 5.41) is 2.92. The van der Waals surface area contributed by atoms with E-state index in [1.807, 2.05) is 0 Å². The summed E-state index contributed by atoms with van der Waals surface area (Å²) in [6, 6.07) is 0.839. The van der Waals surface area contributed by atoms with Crippen molar-refractivity contribution in [3.63, 3.8) is 0 Å². The van der Waals surface area contributed by atoms with Crippen molar-refractivity contribution in [1.82, 2.24) is 4.98 Å². The Kier molecular flexibility index (Phi) is 3.70. The number of pyridine rings is 1. The van der Waals surface area contributed by atoms with E-state index < -0.39 is 11.6 Å². The zero-order chi connectivity index (χ0) is 12.3. The summed E-state index contributed by atoms with van der Waals surface area (Å²) in [5.74, 6) is 3.36. The number of aromatic nitrogens is 1. The summed E-state index contributed by atoms with van der Waals surface area (Å²) in [6.45, 7) is 1.25. The molecule has 94 valence electrons. The molecule has 5 nitrogen and oxygen atoms in total. The van der Waals surface area contributed by atoms with Gasteiger partial charge in [-0.25, -0.2) is 19.6 Å². The SMILES string of the molecule is NNc1nc(NC2CCOCC2)c(F)cc1F. The average Bonchev–Trinajstić information content (AvgIpc) is 2.34. The molecule has 2 heterocycles. The van der Waals surface area contributed by atoms with Crippen molar-refractivity contribution in [3.8, 4) is 0 Å². The zero-order valence-corrected chi connectivity index (χ0v) is 9.17. The van der Waals surface area contributed by atoms with E-state index in [-0.39, 0.29) is 17.7 Å². The van der Waals surface area contributed by atoms with Gasteiger partial charge in [-0.3, -0.25) is 0 Å². The van der Waals surface area contributed by atoms with E-state index in [4.69, 9.17) is 10.6 Å². The first-order chi connectivity index (χ1) is 8.20. The summed E-state index contributed by atoms with van der Waals surface area (Å²) >= 11 is 0. The second-order valence-electron chi connectivity index (χ2n) is 3.82. The number of hydrazine groups is 1. The van der Waals surface area contributed by atoms with Crippen molar-refractivity contribution in [2.24, 2.45) is 5.84 Å². The third-order valence-electron chi connectivity index (χ3n) is 2.63. The molecule has 0 aliphatic carbocycles. The lowest BCUT2D eigenvalue weighted by atomic mass is 10.1. The van der Waals surface area contributed by atoms with E-state index in [0.29, 0.717) is 13.2 Å². The molecule has 1 aromatic rings. The first-order valence-electron chi connectivity index (χ1n) is 5.37. The van der Waals surface area contributed by atoms with Gasteiger partial charge in [0.2, 0.25) is 0 Å². The van der Waals surface area contributed by atoms with Gasteiger partial charge in [-0.15, -0.1) is 0 Å². The highest BCUT2D eigenvalue weighted by molar-refractivity contribution is 5.47. The predicted molar refractivity (Wildman–Crippen MR) is 59.4 cm³/mol. The summed E-state index contributed by atoms with van der Waals surface area (Å²) in [6.07, 6.45) is 1.54. The average molecular weight is 244 g/mol. The first kappa shape index (κ1) is 12.0. The van der Waals surface area contributed by atoms with Crippen molar-refractivity contribution in [3.05, 3.63) is 17.7 Å². The number of nitrogens with two attached hydrogens (primary N) is 1. The smallest absolute Gasteiger partial charge is 0.178 e. The quantitative estimate of drug-likeness (QED) is 0.551. The van der Waals surface area contributed by atoms with Gasteiger partial charge in [0.15, 0.2) is 23.3 Å². The van der Waals surface area contributed by atoms with Gasteiger partial charge in [-0.2, -0.15) is 0 Å². The van der Waals surface area contributed by atoms with E-state index in [1.165, 1.54) is 0 Å². The van der Waals surface area contributed by atoms with E-state index in [2.05, 4.69) is 15.7 Å². The van der Waals surface area contributed by atoms with Crippen LogP contribution in [0.15, 0.2) is 6.07 Å². The monoisotopic (exact) mass is 244 g/mol. The molecule has 0 amide bonds. The van der Waals surface area contributed by atoms with Crippen molar-refractivity contribution in [1.29, 1.82) is 0 Å². The second-order valence-corrected chi connectivity index (χ2v) is 3.82. The highest BCUT2D eigenvalue weighted by Crippen LogP contribution is 2.20. The van der Waals surface area contributed by atoms with Gasteiger partial charge in [-0.1, -0.05) is 0 Å². The topological polar surface area (TPSA) is 72.2 Å². The van der Waals surface area contributed by atoms with Gasteiger partial charge in [-0.05, 0) is 12.8 Å². The van der Waals surface area contributed by atoms with E-state index in [0.717, 1.165) is 18.9 Å². The number of hydrogen-bond donors (Lipinski definition) is 3. The number of nitrogen functional groups attached to an aromatic ring is 1. The van der Waals surface area contributed by atoms with Crippen LogP contribution in [0, 0.1) is 11.6 Å². The summed E-state index contributed by atoms with van der Waals surface area (Å²) < 4.78 is 31.8. The fraction of sp³-hybridized carbons (Fsp3) is 0.500. The lowest BCUT2D eigenvalue weighted by molar-refractivity contribution is 0.0903. The van der Waals surface area contributed by atoms with Crippen LogP contribution in [0.1, 0.15) is 12.8 Å². The third-order valence-corrected chi connectivity index (χ3v) is 2.63. The molecule has 1 aliphatic rings. The summed E-state index contributed by atoms with van der Waals surface area (Å²) in [7, 11) is 0. The highest BCUT2D eigenvalue weighted by Gasteiger charge is 2.17. The van der Waals surface area contributed by atoms with Crippen LogP contribution >= 0.6 is 0 Å². The van der Waals surface area contributed by atoms with Crippen LogP contribution in [0.2, 0.25) is 0 Å². The van der Waals surface area contributed by atoms with Crippen molar-refractivity contribution in [2.45, 2.75) is 18.9 Å². The van der Waals surface area contributed by atoms with Crippen LogP contribution in [0.5, 0.6) is 0 Å². The van der Waals surface area contributed by atoms with E-state index in [1.54, 1.807) is 0 Å². The van der Waals surface area contributed by atoms with E-state index >= 15 is 0 Å². The fourth-order valence-corrected chi connectivity index (χ4v) is 1.70. The first-order valence-corrected chi connectivity index (χ1v) is 5.37. The molecule has 1 fully saturated rings. The van der Waals surface area contributed by atoms with Crippen LogP contribution in [0.4, 0.5) is 20.4 Å². The number of nitrogens with one attached hydrogen (secondary N) is 2. The Morgan fingerprint density at radius 3 is 2.53 bits per heavy atom. The van der Waals surface area contributed by atoms with Crippen LogP contribution in [-0.2, 0) is 4.74 Å². The van der Waals surface area contributed by atoms with Gasteiger partial charge < -0.3 is 15.5 Å². The molecule has 0 aromatic carbocycles. The van der Waals surface area contributed by atoms with Gasteiger partial charge in [0.1, 0.15) is 0 Å². The molecular weight excluding hydrogens is 230 g/mol. The fourth-order valence-electron chi connectivity index (χ4n) is 1.70. The maximum Gasteiger partial charge on any atom is 0.178 e. The van der Waals surface area contributed by atoms with Crippen LogP contribution in [0.3, 0.4) is 0 Å². The number of hydrogen-bond acceptors (Lipinski definition) is 5. The predicted octanol–water partition coefficient (Wildman–Crippen LogP) is 1.24. The minimum absolute atomic E-state index is 0.00579. The van der Waals surface area contributed by atoms with Gasteiger partial charge in [0.25, 0.3) is 0 Å². The van der Waals surface area contributed by atoms with Crippen LogP contribution < -0.4 is 16.6 Å². The normalized spacial score (nSPS) is 16.9. The molecule has 17 heavy (non-hydrogen) atoms. The molecule has 1 aliphatic heterocycles. The molecule has 1 saturated heterocycles. The number of ether oxygens (including phenoxy) is 1. The molecule has 0 bridgehead atoms. The Labute approximate surface area is 97.3 Å². The molecule has 1 aromatic heterocycles. The van der Waals surface area contributed by atoms with Crippen LogP contribution in [-0.4, -0.2) is 24.2 Å². The van der Waals surface area contributed by atoms with Gasteiger partial charge >= 0.3 is 0 Å². The van der Waals surface area contributed by atoms with Crippen molar-refractivity contribution >= 4 is 11.6 Å². The Morgan fingerprint density at radius 1 is 1.24 bits per heavy atom. The standard InChI is InChI=1S/C10H14F2N4O/c11-7-5-8(12)10(16-13)15-9(7)14-6-1-3-17-4-2-6/h5-6H,1-4,13H2,(H2,14,15,16). The maximum atomic E-state index is 13.5. The maximum absolute atomic E-state index is 13.5. The zero-order valence-electron chi connectivity index (χ0n) is 9.17. The molecular formula is C10H14F2N4O. The van der Waals surface area contributed by atoms with Crippen LogP contribution in [0.25, 0.3) is 0 Å². The molecule has 4 N–H and O–H groups in total. The molecule has 7 heteroatoms. The molecule has 2 rings (SSSR count). The minimum Gasteiger partial charge on any atom is -0.381 e. The van der Waals surface area contributed by atoms with E-state index in [9.17, 15) is 8.78 Å².